The standard InChI is InChI=1S/C23H27FN2O3/c1-2-5-18-8-10-21(11-9-18)29-17-22(27)25-12-4-13-26(15-14-25)23(28)19-6-3-7-20(24)16-19/h3,6-11,16H,2,4-5,12-15,17H2,1H3. The first-order chi connectivity index (χ1) is 14.1. The lowest BCUT2D eigenvalue weighted by atomic mass is 10.1. The summed E-state index contributed by atoms with van der Waals surface area (Å²) < 4.78 is 19.0. The minimum absolute atomic E-state index is 0.0228. The van der Waals surface area contributed by atoms with Gasteiger partial charge in [-0.25, -0.2) is 4.39 Å². The first-order valence-corrected chi connectivity index (χ1v) is 10.1. The van der Waals surface area contributed by atoms with E-state index in [1.54, 1.807) is 15.9 Å². The molecule has 0 aliphatic carbocycles. The Bertz CT molecular complexity index is 838. The number of carbonyl (C=O) groups is 2. The summed E-state index contributed by atoms with van der Waals surface area (Å²) in [6.07, 6.45) is 2.79. The van der Waals surface area contributed by atoms with E-state index in [2.05, 4.69) is 6.92 Å². The maximum absolute atomic E-state index is 13.4. The largest absolute Gasteiger partial charge is 0.484 e. The highest BCUT2D eigenvalue weighted by Gasteiger charge is 2.23. The first kappa shape index (κ1) is 20.8. The number of aryl methyl sites for hydroxylation is 1. The Morgan fingerprint density at radius 1 is 1.00 bits per heavy atom. The summed E-state index contributed by atoms with van der Waals surface area (Å²) >= 11 is 0. The predicted molar refractivity (Wildman–Crippen MR) is 109 cm³/mol. The highest BCUT2D eigenvalue weighted by Crippen LogP contribution is 2.14. The van der Waals surface area contributed by atoms with Crippen LogP contribution in [0, 0.1) is 5.82 Å². The number of carbonyl (C=O) groups excluding carboxylic acids is 2. The lowest BCUT2D eigenvalue weighted by Crippen LogP contribution is -2.39. The van der Waals surface area contributed by atoms with Crippen LogP contribution in [0.25, 0.3) is 0 Å². The second kappa shape index (κ2) is 10.0. The van der Waals surface area contributed by atoms with Gasteiger partial charge in [-0.1, -0.05) is 31.5 Å². The Kier molecular flexibility index (Phi) is 7.22. The zero-order valence-electron chi connectivity index (χ0n) is 16.8. The quantitative estimate of drug-likeness (QED) is 0.748. The number of hydrogen-bond acceptors (Lipinski definition) is 3. The van der Waals surface area contributed by atoms with Gasteiger partial charge in [0.1, 0.15) is 11.6 Å². The van der Waals surface area contributed by atoms with Crippen LogP contribution in [-0.2, 0) is 11.2 Å². The third-order valence-corrected chi connectivity index (χ3v) is 5.03. The molecule has 0 saturated carbocycles. The number of ether oxygens (including phenoxy) is 1. The van der Waals surface area contributed by atoms with Gasteiger partial charge in [0.25, 0.3) is 11.8 Å². The normalized spacial score (nSPS) is 14.4. The van der Waals surface area contributed by atoms with Crippen molar-refractivity contribution in [2.24, 2.45) is 0 Å². The minimum atomic E-state index is -0.428. The van der Waals surface area contributed by atoms with Crippen LogP contribution in [0.4, 0.5) is 4.39 Å². The van der Waals surface area contributed by atoms with Gasteiger partial charge in [0.05, 0.1) is 0 Å². The van der Waals surface area contributed by atoms with Crippen molar-refractivity contribution in [2.75, 3.05) is 32.8 Å². The van der Waals surface area contributed by atoms with Crippen LogP contribution in [0.1, 0.15) is 35.7 Å². The average Bonchev–Trinajstić information content (AvgIpc) is 2.99. The van der Waals surface area contributed by atoms with Crippen molar-refractivity contribution < 1.29 is 18.7 Å². The lowest BCUT2D eigenvalue weighted by molar-refractivity contribution is -0.133. The van der Waals surface area contributed by atoms with Crippen molar-refractivity contribution in [1.29, 1.82) is 0 Å². The highest BCUT2D eigenvalue weighted by atomic mass is 19.1. The molecule has 2 amide bonds. The van der Waals surface area contributed by atoms with Gasteiger partial charge in [0.15, 0.2) is 6.61 Å². The summed E-state index contributed by atoms with van der Waals surface area (Å²) in [5.41, 5.74) is 1.58. The van der Waals surface area contributed by atoms with E-state index in [9.17, 15) is 14.0 Å². The van der Waals surface area contributed by atoms with Crippen LogP contribution >= 0.6 is 0 Å². The SMILES string of the molecule is CCCc1ccc(OCC(=O)N2CCCN(C(=O)c3cccc(F)c3)CC2)cc1. The third-order valence-electron chi connectivity index (χ3n) is 5.03. The van der Waals surface area contributed by atoms with E-state index in [-0.39, 0.29) is 18.4 Å². The number of hydrogen-bond donors (Lipinski definition) is 0. The summed E-state index contributed by atoms with van der Waals surface area (Å²) in [4.78, 5) is 28.5. The monoisotopic (exact) mass is 398 g/mol. The van der Waals surface area contributed by atoms with E-state index in [0.717, 1.165) is 12.8 Å². The maximum Gasteiger partial charge on any atom is 0.260 e. The smallest absolute Gasteiger partial charge is 0.260 e. The molecule has 0 spiro atoms. The number of benzene rings is 2. The molecule has 154 valence electrons. The van der Waals surface area contributed by atoms with E-state index in [1.165, 1.54) is 23.8 Å². The van der Waals surface area contributed by atoms with Crippen molar-refractivity contribution in [1.82, 2.24) is 9.80 Å². The van der Waals surface area contributed by atoms with Crippen molar-refractivity contribution >= 4 is 11.8 Å². The van der Waals surface area contributed by atoms with Crippen LogP contribution in [0.15, 0.2) is 48.5 Å². The Labute approximate surface area is 171 Å². The fourth-order valence-electron chi connectivity index (χ4n) is 3.45. The summed E-state index contributed by atoms with van der Waals surface area (Å²) in [5, 5.41) is 0. The van der Waals surface area contributed by atoms with E-state index < -0.39 is 5.82 Å². The number of rotatable bonds is 6. The number of amides is 2. The molecule has 0 atom stereocenters. The molecule has 1 fully saturated rings. The zero-order chi connectivity index (χ0) is 20.6. The molecule has 0 bridgehead atoms. The molecule has 0 aromatic heterocycles. The average molecular weight is 398 g/mol. The topological polar surface area (TPSA) is 49.9 Å². The van der Waals surface area contributed by atoms with Gasteiger partial charge in [0.2, 0.25) is 0 Å². The molecule has 2 aromatic carbocycles. The van der Waals surface area contributed by atoms with Gasteiger partial charge in [0, 0.05) is 31.7 Å². The lowest BCUT2D eigenvalue weighted by Gasteiger charge is -2.22. The van der Waals surface area contributed by atoms with Crippen LogP contribution in [0.2, 0.25) is 0 Å². The van der Waals surface area contributed by atoms with Crippen molar-refractivity contribution in [3.05, 3.63) is 65.5 Å². The summed E-state index contributed by atoms with van der Waals surface area (Å²) in [7, 11) is 0. The molecule has 0 unspecified atom stereocenters. The van der Waals surface area contributed by atoms with Crippen molar-refractivity contribution in [3.8, 4) is 5.75 Å². The molecular formula is C23H27FN2O3. The summed E-state index contributed by atoms with van der Waals surface area (Å²) in [6.45, 7) is 4.09. The Hall–Kier alpha value is -2.89. The second-order valence-electron chi connectivity index (χ2n) is 7.22. The molecule has 6 heteroatoms. The van der Waals surface area contributed by atoms with E-state index in [1.807, 2.05) is 24.3 Å². The molecular weight excluding hydrogens is 371 g/mol. The molecule has 0 N–H and O–H groups in total. The van der Waals surface area contributed by atoms with Crippen molar-refractivity contribution in [3.63, 3.8) is 0 Å². The molecule has 1 heterocycles. The Balaban J connectivity index is 1.50. The fraction of sp³-hybridized carbons (Fsp3) is 0.391. The molecule has 3 rings (SSSR count). The zero-order valence-corrected chi connectivity index (χ0v) is 16.8. The Morgan fingerprint density at radius 3 is 2.45 bits per heavy atom. The van der Waals surface area contributed by atoms with Gasteiger partial charge in [-0.05, 0) is 48.7 Å². The summed E-state index contributed by atoms with van der Waals surface area (Å²) in [5.74, 6) is -0.0526. The van der Waals surface area contributed by atoms with Gasteiger partial charge < -0.3 is 14.5 Å². The fourth-order valence-corrected chi connectivity index (χ4v) is 3.45. The van der Waals surface area contributed by atoms with Gasteiger partial charge in [-0.3, -0.25) is 9.59 Å². The van der Waals surface area contributed by atoms with Gasteiger partial charge in [-0.2, -0.15) is 0 Å². The molecule has 0 radical (unpaired) electrons. The molecule has 1 aliphatic rings. The minimum Gasteiger partial charge on any atom is -0.484 e. The number of halogens is 1. The predicted octanol–water partition coefficient (Wildman–Crippen LogP) is 3.53. The van der Waals surface area contributed by atoms with Crippen LogP contribution in [-0.4, -0.2) is 54.4 Å². The molecule has 2 aromatic rings. The molecule has 29 heavy (non-hydrogen) atoms. The highest BCUT2D eigenvalue weighted by molar-refractivity contribution is 5.94. The molecule has 1 saturated heterocycles. The van der Waals surface area contributed by atoms with E-state index >= 15 is 0 Å². The number of nitrogens with zero attached hydrogens (tertiary/aromatic N) is 2. The molecule has 1 aliphatic heterocycles. The maximum atomic E-state index is 13.4. The van der Waals surface area contributed by atoms with Crippen molar-refractivity contribution in [2.45, 2.75) is 26.2 Å². The van der Waals surface area contributed by atoms with Crippen LogP contribution in [0.3, 0.4) is 0 Å². The second-order valence-corrected chi connectivity index (χ2v) is 7.22. The molecule has 5 nitrogen and oxygen atoms in total. The van der Waals surface area contributed by atoms with Crippen LogP contribution in [0.5, 0.6) is 5.75 Å². The van der Waals surface area contributed by atoms with Gasteiger partial charge >= 0.3 is 0 Å². The van der Waals surface area contributed by atoms with Gasteiger partial charge in [-0.15, -0.1) is 0 Å². The van der Waals surface area contributed by atoms with Crippen LogP contribution < -0.4 is 4.74 Å². The van der Waals surface area contributed by atoms with E-state index in [4.69, 9.17) is 4.74 Å². The van der Waals surface area contributed by atoms with E-state index in [0.29, 0.717) is 43.9 Å². The summed E-state index contributed by atoms with van der Waals surface area (Å²) in [6, 6.07) is 13.5. The third kappa shape index (κ3) is 5.79. The Morgan fingerprint density at radius 2 is 1.72 bits per heavy atom. The first-order valence-electron chi connectivity index (χ1n) is 10.1.